The number of urea groups is 1. The summed E-state index contributed by atoms with van der Waals surface area (Å²) in [5.41, 5.74) is 2.78. The van der Waals surface area contributed by atoms with Gasteiger partial charge in [0.1, 0.15) is 0 Å². The van der Waals surface area contributed by atoms with E-state index in [1.54, 1.807) is 0 Å². The first kappa shape index (κ1) is 19.9. The maximum Gasteiger partial charge on any atom is 0.326 e. The van der Waals surface area contributed by atoms with Crippen molar-refractivity contribution in [3.63, 3.8) is 0 Å². The highest BCUT2D eigenvalue weighted by atomic mass is 32.2. The molecule has 1 fully saturated rings. The molecule has 1 aromatic carbocycles. The van der Waals surface area contributed by atoms with Crippen LogP contribution >= 0.6 is 0 Å². The number of nitrogens with zero attached hydrogens (tertiary/aromatic N) is 1. The number of aryl methyl sites for hydroxylation is 3. The number of amides is 2. The molecule has 0 bridgehead atoms. The highest BCUT2D eigenvalue weighted by Gasteiger charge is 2.28. The van der Waals surface area contributed by atoms with Crippen LogP contribution in [0, 0.1) is 20.8 Å². The Balaban J connectivity index is 1.93. The first-order valence-electron chi connectivity index (χ1n) is 8.57. The second kappa shape index (κ2) is 8.29. The summed E-state index contributed by atoms with van der Waals surface area (Å²) in [6, 6.07) is 3.53. The minimum absolute atomic E-state index is 0.182. The minimum atomic E-state index is -1.57. The van der Waals surface area contributed by atoms with E-state index < -0.39 is 17.0 Å². The third-order valence-electron chi connectivity index (χ3n) is 4.52. The third-order valence-corrected chi connectivity index (χ3v) is 5.91. The van der Waals surface area contributed by atoms with Crippen molar-refractivity contribution in [3.05, 3.63) is 28.8 Å². The maximum atomic E-state index is 12.5. The molecule has 1 aliphatic heterocycles. The Morgan fingerprint density at radius 3 is 2.32 bits per heavy atom. The van der Waals surface area contributed by atoms with Gasteiger partial charge in [-0.15, -0.1) is 0 Å². The summed E-state index contributed by atoms with van der Waals surface area (Å²) in [5, 5.41) is 2.85. The molecular weight excluding hydrogens is 338 g/mol. The number of hydrogen-bond donors (Lipinski definition) is 2. The lowest BCUT2D eigenvalue weighted by Crippen LogP contribution is -2.56. The molecule has 6 nitrogen and oxygen atoms in total. The van der Waals surface area contributed by atoms with E-state index in [2.05, 4.69) is 28.8 Å². The molecule has 2 amide bonds. The van der Waals surface area contributed by atoms with Crippen LogP contribution in [0.15, 0.2) is 17.0 Å². The van der Waals surface area contributed by atoms with Gasteiger partial charge < -0.3 is 10.1 Å². The fraction of sp³-hybridized carbons (Fsp3) is 0.611. The predicted octanol–water partition coefficient (Wildman–Crippen LogP) is 2.04. The molecule has 1 aliphatic rings. The molecule has 25 heavy (non-hydrogen) atoms. The number of benzene rings is 1. The molecule has 0 radical (unpaired) electrons. The van der Waals surface area contributed by atoms with Crippen molar-refractivity contribution in [1.29, 1.82) is 0 Å². The predicted molar refractivity (Wildman–Crippen MR) is 100 cm³/mol. The number of nitrogens with one attached hydrogen (secondary N) is 2. The van der Waals surface area contributed by atoms with E-state index in [1.807, 2.05) is 32.9 Å². The smallest absolute Gasteiger partial charge is 0.326 e. The summed E-state index contributed by atoms with van der Waals surface area (Å²) in [5.74, 6) is 0. The molecular formula is C18H29N3O3S. The molecule has 1 unspecified atom stereocenters. The fourth-order valence-electron chi connectivity index (χ4n) is 3.21. The number of rotatable bonds is 5. The standard InChI is InChI=1S/C18H29N3O3S/c1-13-10-14(2)16(15(3)11-13)25(23)20-17(22)19-12-18(4,5)21-6-8-24-9-7-21/h10-11H,6-9,12H2,1-5H3,(H2,19,20,22). The Morgan fingerprint density at radius 2 is 1.76 bits per heavy atom. The second-order valence-corrected chi connectivity index (χ2v) is 8.34. The van der Waals surface area contributed by atoms with E-state index in [4.69, 9.17) is 4.74 Å². The Kier molecular flexibility index (Phi) is 6.59. The Bertz CT molecular complexity index is 632. The van der Waals surface area contributed by atoms with E-state index in [-0.39, 0.29) is 5.54 Å². The van der Waals surface area contributed by atoms with Gasteiger partial charge in [-0.3, -0.25) is 9.62 Å². The summed E-state index contributed by atoms with van der Waals surface area (Å²) in [4.78, 5) is 15.2. The molecule has 1 saturated heterocycles. The van der Waals surface area contributed by atoms with Gasteiger partial charge in [0.15, 0.2) is 11.0 Å². The van der Waals surface area contributed by atoms with Gasteiger partial charge in [0.05, 0.1) is 18.1 Å². The minimum Gasteiger partial charge on any atom is -0.379 e. The van der Waals surface area contributed by atoms with Gasteiger partial charge >= 0.3 is 6.03 Å². The molecule has 0 saturated carbocycles. The zero-order chi connectivity index (χ0) is 18.6. The van der Waals surface area contributed by atoms with Gasteiger partial charge in [-0.25, -0.2) is 9.00 Å². The van der Waals surface area contributed by atoms with Crippen molar-refractivity contribution < 1.29 is 13.7 Å². The fourth-order valence-corrected chi connectivity index (χ4v) is 4.25. The van der Waals surface area contributed by atoms with Crippen molar-refractivity contribution >= 4 is 17.0 Å². The number of carbonyl (C=O) groups excluding carboxylic acids is 1. The highest BCUT2D eigenvalue weighted by molar-refractivity contribution is 7.83. The van der Waals surface area contributed by atoms with Crippen LogP contribution in [0.2, 0.25) is 0 Å². The largest absolute Gasteiger partial charge is 0.379 e. The van der Waals surface area contributed by atoms with Crippen LogP contribution < -0.4 is 10.0 Å². The lowest BCUT2D eigenvalue weighted by Gasteiger charge is -2.40. The average Bonchev–Trinajstić information content (AvgIpc) is 2.53. The first-order chi connectivity index (χ1) is 11.7. The summed E-state index contributed by atoms with van der Waals surface area (Å²) in [6.07, 6.45) is 0. The molecule has 140 valence electrons. The van der Waals surface area contributed by atoms with Crippen LogP contribution in [0.25, 0.3) is 0 Å². The summed E-state index contributed by atoms with van der Waals surface area (Å²) in [7, 11) is -1.57. The Morgan fingerprint density at radius 1 is 1.20 bits per heavy atom. The van der Waals surface area contributed by atoms with Gasteiger partial charge in [0.25, 0.3) is 0 Å². The molecule has 7 heteroatoms. The number of hydrogen-bond acceptors (Lipinski definition) is 4. The summed E-state index contributed by atoms with van der Waals surface area (Å²) < 4.78 is 20.5. The molecule has 2 N–H and O–H groups in total. The zero-order valence-electron chi connectivity index (χ0n) is 15.8. The Hall–Kier alpha value is -1.44. The SMILES string of the molecule is Cc1cc(C)c(S(=O)NC(=O)NCC(C)(C)N2CCOCC2)c(C)c1. The van der Waals surface area contributed by atoms with Crippen molar-refractivity contribution in [1.82, 2.24) is 14.9 Å². The van der Waals surface area contributed by atoms with Gasteiger partial charge in [0.2, 0.25) is 0 Å². The van der Waals surface area contributed by atoms with Crippen LogP contribution in [0.5, 0.6) is 0 Å². The number of ether oxygens (including phenoxy) is 1. The van der Waals surface area contributed by atoms with E-state index in [0.29, 0.717) is 24.7 Å². The van der Waals surface area contributed by atoms with Crippen LogP contribution in [-0.4, -0.2) is 53.5 Å². The van der Waals surface area contributed by atoms with Gasteiger partial charge in [0, 0.05) is 25.2 Å². The Labute approximate surface area is 152 Å². The second-order valence-electron chi connectivity index (χ2n) is 7.19. The van der Waals surface area contributed by atoms with Crippen LogP contribution in [0.3, 0.4) is 0 Å². The monoisotopic (exact) mass is 367 g/mol. The molecule has 0 spiro atoms. The molecule has 0 aromatic heterocycles. The van der Waals surface area contributed by atoms with Crippen molar-refractivity contribution in [3.8, 4) is 0 Å². The topological polar surface area (TPSA) is 70.7 Å². The average molecular weight is 368 g/mol. The lowest BCUT2D eigenvalue weighted by molar-refractivity contribution is -0.00870. The van der Waals surface area contributed by atoms with Gasteiger partial charge in [-0.1, -0.05) is 17.7 Å². The number of morpholine rings is 1. The van der Waals surface area contributed by atoms with Gasteiger partial charge in [-0.2, -0.15) is 0 Å². The van der Waals surface area contributed by atoms with E-state index >= 15 is 0 Å². The molecule has 1 heterocycles. The quantitative estimate of drug-likeness (QED) is 0.836. The number of carbonyl (C=O) groups is 1. The highest BCUT2D eigenvalue weighted by Crippen LogP contribution is 2.19. The summed E-state index contributed by atoms with van der Waals surface area (Å²) >= 11 is 0. The van der Waals surface area contributed by atoms with E-state index in [1.165, 1.54) is 0 Å². The normalized spacial score (nSPS) is 17.2. The first-order valence-corrected chi connectivity index (χ1v) is 9.72. The van der Waals surface area contributed by atoms with Crippen molar-refractivity contribution in [2.24, 2.45) is 0 Å². The molecule has 2 rings (SSSR count). The molecule has 1 aromatic rings. The molecule has 1 atom stereocenters. The maximum absolute atomic E-state index is 12.5. The van der Waals surface area contributed by atoms with Crippen molar-refractivity contribution in [2.75, 3.05) is 32.8 Å². The van der Waals surface area contributed by atoms with E-state index in [0.717, 1.165) is 29.8 Å². The summed E-state index contributed by atoms with van der Waals surface area (Å²) in [6.45, 7) is 13.6. The third kappa shape index (κ3) is 5.26. The van der Waals surface area contributed by atoms with Crippen LogP contribution in [0.1, 0.15) is 30.5 Å². The van der Waals surface area contributed by atoms with E-state index in [9.17, 15) is 9.00 Å². The van der Waals surface area contributed by atoms with Crippen molar-refractivity contribution in [2.45, 2.75) is 45.1 Å². The van der Waals surface area contributed by atoms with Gasteiger partial charge in [-0.05, 0) is 45.7 Å². The molecule has 0 aliphatic carbocycles. The van der Waals surface area contributed by atoms with Crippen LogP contribution in [-0.2, 0) is 15.7 Å². The van der Waals surface area contributed by atoms with Crippen LogP contribution in [0.4, 0.5) is 4.79 Å². The zero-order valence-corrected chi connectivity index (χ0v) is 16.6. The lowest BCUT2D eigenvalue weighted by atomic mass is 10.0.